The third kappa shape index (κ3) is 2.68. The van der Waals surface area contributed by atoms with Gasteiger partial charge in [0.25, 0.3) is 11.6 Å². The third-order valence-corrected chi connectivity index (χ3v) is 3.40. The molecule has 1 aromatic carbocycles. The van der Waals surface area contributed by atoms with Gasteiger partial charge in [-0.1, -0.05) is 11.6 Å². The van der Waals surface area contributed by atoms with Crippen molar-refractivity contribution in [3.05, 3.63) is 50.8 Å². The fourth-order valence-electron chi connectivity index (χ4n) is 2.14. The van der Waals surface area contributed by atoms with E-state index < -0.39 is 16.6 Å². The fourth-order valence-corrected chi connectivity index (χ4v) is 2.14. The summed E-state index contributed by atoms with van der Waals surface area (Å²) in [5.41, 5.74) is 0.789. The maximum Gasteiger partial charge on any atom is 0.270 e. The van der Waals surface area contributed by atoms with Crippen LogP contribution in [0.3, 0.4) is 0 Å². The van der Waals surface area contributed by atoms with Crippen LogP contribution >= 0.6 is 0 Å². The van der Waals surface area contributed by atoms with E-state index in [1.807, 2.05) is 13.0 Å². The zero-order chi connectivity index (χ0) is 14.9. The monoisotopic (exact) mass is 278 g/mol. The first kappa shape index (κ1) is 14.2. The Kier molecular flexibility index (Phi) is 3.83. The molecule has 0 aromatic heterocycles. The molecule has 0 aliphatic carbocycles. The zero-order valence-electron chi connectivity index (χ0n) is 11.4. The van der Waals surface area contributed by atoms with Gasteiger partial charge in [0.05, 0.1) is 10.5 Å². The molecule has 0 spiro atoms. The van der Waals surface area contributed by atoms with Crippen molar-refractivity contribution in [3.63, 3.8) is 0 Å². The number of non-ortho nitro benzene ring substituents is 1. The molecular weight excluding hydrogens is 263 g/mol. The number of amides is 1. The van der Waals surface area contributed by atoms with E-state index in [1.54, 1.807) is 0 Å². The van der Waals surface area contributed by atoms with Crippen LogP contribution in [0.2, 0.25) is 0 Å². The van der Waals surface area contributed by atoms with Crippen LogP contribution in [0, 0.1) is 22.9 Å². The Morgan fingerprint density at radius 3 is 2.65 bits per heavy atom. The number of benzene rings is 1. The highest BCUT2D eigenvalue weighted by Gasteiger charge is 2.24. The van der Waals surface area contributed by atoms with Gasteiger partial charge in [-0.25, -0.2) is 4.39 Å². The molecule has 0 bridgehead atoms. The maximum atomic E-state index is 14.0. The Bertz CT molecular complexity index is 611. The highest BCUT2D eigenvalue weighted by atomic mass is 19.1. The van der Waals surface area contributed by atoms with Crippen LogP contribution in [0.1, 0.15) is 29.3 Å². The van der Waals surface area contributed by atoms with Gasteiger partial charge in [-0.3, -0.25) is 14.9 Å². The molecule has 1 aliphatic heterocycles. The van der Waals surface area contributed by atoms with Crippen molar-refractivity contribution < 1.29 is 14.1 Å². The SMILES string of the molecule is CC1=CCN(C(=O)c2cc([N+](=O)[O-])cc(C)c2F)CC1. The lowest BCUT2D eigenvalue weighted by Gasteiger charge is -2.25. The van der Waals surface area contributed by atoms with Gasteiger partial charge in [-0.05, 0) is 25.8 Å². The van der Waals surface area contributed by atoms with Crippen LogP contribution in [-0.2, 0) is 0 Å². The van der Waals surface area contributed by atoms with Gasteiger partial charge in [0.1, 0.15) is 5.82 Å². The van der Waals surface area contributed by atoms with Crippen LogP contribution in [0.4, 0.5) is 10.1 Å². The molecule has 1 heterocycles. The average Bonchev–Trinajstić information content (AvgIpc) is 2.41. The molecule has 0 saturated carbocycles. The van der Waals surface area contributed by atoms with Crippen molar-refractivity contribution in [2.45, 2.75) is 20.3 Å². The van der Waals surface area contributed by atoms with Gasteiger partial charge < -0.3 is 4.90 Å². The number of hydrogen-bond acceptors (Lipinski definition) is 3. The predicted molar refractivity (Wildman–Crippen MR) is 72.1 cm³/mol. The lowest BCUT2D eigenvalue weighted by atomic mass is 10.1. The third-order valence-electron chi connectivity index (χ3n) is 3.40. The summed E-state index contributed by atoms with van der Waals surface area (Å²) in [6, 6.07) is 2.14. The smallest absolute Gasteiger partial charge is 0.270 e. The van der Waals surface area contributed by atoms with E-state index in [-0.39, 0.29) is 16.8 Å². The number of nitrogens with zero attached hydrogens (tertiary/aromatic N) is 2. The Balaban J connectivity index is 2.37. The molecule has 6 heteroatoms. The van der Waals surface area contributed by atoms with Crippen molar-refractivity contribution in [1.82, 2.24) is 4.90 Å². The molecule has 2 rings (SSSR count). The standard InChI is InChI=1S/C14H15FN2O3/c1-9-3-5-16(6-4-9)14(18)12-8-11(17(19)20)7-10(2)13(12)15/h3,7-8H,4-6H2,1-2H3. The Morgan fingerprint density at radius 1 is 1.40 bits per heavy atom. The van der Waals surface area contributed by atoms with Gasteiger partial charge in [0, 0.05) is 25.2 Å². The Hall–Kier alpha value is -2.24. The second-order valence-electron chi connectivity index (χ2n) is 4.93. The van der Waals surface area contributed by atoms with E-state index in [4.69, 9.17) is 0 Å². The normalized spacial score (nSPS) is 14.9. The lowest BCUT2D eigenvalue weighted by molar-refractivity contribution is -0.385. The minimum atomic E-state index is -0.688. The molecule has 0 fully saturated rings. The summed E-state index contributed by atoms with van der Waals surface area (Å²) >= 11 is 0. The van der Waals surface area contributed by atoms with Crippen LogP contribution in [0.25, 0.3) is 0 Å². The molecule has 1 aliphatic rings. The summed E-state index contributed by atoms with van der Waals surface area (Å²) in [7, 11) is 0. The molecule has 1 amide bonds. The van der Waals surface area contributed by atoms with Gasteiger partial charge in [-0.15, -0.1) is 0 Å². The maximum absolute atomic E-state index is 14.0. The first-order valence-electron chi connectivity index (χ1n) is 6.29. The van der Waals surface area contributed by atoms with Crippen molar-refractivity contribution in [3.8, 4) is 0 Å². The van der Waals surface area contributed by atoms with Crippen molar-refractivity contribution in [1.29, 1.82) is 0 Å². The number of halogens is 1. The molecule has 106 valence electrons. The van der Waals surface area contributed by atoms with Crippen molar-refractivity contribution in [2.75, 3.05) is 13.1 Å². The molecule has 20 heavy (non-hydrogen) atoms. The lowest BCUT2D eigenvalue weighted by Crippen LogP contribution is -2.35. The largest absolute Gasteiger partial charge is 0.335 e. The summed E-state index contributed by atoms with van der Waals surface area (Å²) in [5.74, 6) is -1.19. The number of carbonyl (C=O) groups excluding carboxylic acids is 1. The number of nitro benzene ring substituents is 1. The Morgan fingerprint density at radius 2 is 2.10 bits per heavy atom. The second kappa shape index (κ2) is 5.40. The van der Waals surface area contributed by atoms with Crippen LogP contribution in [0.15, 0.2) is 23.8 Å². The second-order valence-corrected chi connectivity index (χ2v) is 4.93. The number of aryl methyl sites for hydroxylation is 1. The van der Waals surface area contributed by atoms with Crippen LogP contribution in [0.5, 0.6) is 0 Å². The van der Waals surface area contributed by atoms with Crippen molar-refractivity contribution >= 4 is 11.6 Å². The van der Waals surface area contributed by atoms with Crippen LogP contribution < -0.4 is 0 Å². The quantitative estimate of drug-likeness (QED) is 0.474. The number of rotatable bonds is 2. The van der Waals surface area contributed by atoms with Gasteiger partial charge in [0.2, 0.25) is 0 Å². The van der Waals surface area contributed by atoms with Gasteiger partial charge in [0.15, 0.2) is 0 Å². The molecule has 0 unspecified atom stereocenters. The highest BCUT2D eigenvalue weighted by Crippen LogP contribution is 2.23. The molecule has 0 atom stereocenters. The molecule has 5 nitrogen and oxygen atoms in total. The van der Waals surface area contributed by atoms with Crippen molar-refractivity contribution in [2.24, 2.45) is 0 Å². The number of hydrogen-bond donors (Lipinski definition) is 0. The van der Waals surface area contributed by atoms with Crippen LogP contribution in [-0.4, -0.2) is 28.8 Å². The topological polar surface area (TPSA) is 63.5 Å². The number of carbonyl (C=O) groups is 1. The van der Waals surface area contributed by atoms with E-state index in [2.05, 4.69) is 0 Å². The molecular formula is C14H15FN2O3. The predicted octanol–water partition coefficient (Wildman–Crippen LogP) is 2.83. The Labute approximate surface area is 115 Å². The molecule has 0 N–H and O–H groups in total. The summed E-state index contributed by atoms with van der Waals surface area (Å²) < 4.78 is 14.0. The highest BCUT2D eigenvalue weighted by molar-refractivity contribution is 5.95. The minimum Gasteiger partial charge on any atom is -0.335 e. The average molecular weight is 278 g/mol. The van der Waals surface area contributed by atoms with Gasteiger partial charge >= 0.3 is 0 Å². The summed E-state index contributed by atoms with van der Waals surface area (Å²) in [5, 5.41) is 10.8. The fraction of sp³-hybridized carbons (Fsp3) is 0.357. The van der Waals surface area contributed by atoms with E-state index in [0.29, 0.717) is 13.1 Å². The summed E-state index contributed by atoms with van der Waals surface area (Å²) in [4.78, 5) is 24.0. The minimum absolute atomic E-state index is 0.103. The summed E-state index contributed by atoms with van der Waals surface area (Å²) in [6.45, 7) is 4.30. The van der Waals surface area contributed by atoms with Gasteiger partial charge in [-0.2, -0.15) is 0 Å². The first-order valence-corrected chi connectivity index (χ1v) is 6.29. The molecule has 0 radical (unpaired) electrons. The summed E-state index contributed by atoms with van der Waals surface area (Å²) in [6.07, 6.45) is 2.64. The zero-order valence-corrected chi connectivity index (χ0v) is 11.4. The van der Waals surface area contributed by atoms with E-state index in [0.717, 1.165) is 18.6 Å². The van der Waals surface area contributed by atoms with E-state index in [9.17, 15) is 19.3 Å². The van der Waals surface area contributed by atoms with E-state index >= 15 is 0 Å². The molecule has 0 saturated heterocycles. The number of nitro groups is 1. The van der Waals surface area contributed by atoms with E-state index in [1.165, 1.54) is 17.4 Å². The first-order chi connectivity index (χ1) is 9.40. The molecule has 1 aromatic rings.